The molecule has 7 aromatic carbocycles. The molecule has 0 bridgehead atoms. The maximum atomic E-state index is 7.11. The number of aromatic nitrogens is 2. The molecule has 54 heavy (non-hydrogen) atoms. The average Bonchev–Trinajstić information content (AvgIpc) is 3.72. The van der Waals surface area contributed by atoms with Crippen LogP contribution < -0.4 is 0 Å². The lowest BCUT2D eigenvalue weighted by atomic mass is 9.86. The standard InChI is InChI=1S/C50H42Cl2N2/c1-49(2,3)33-21-15-29(16-22-33)31-19-25-37-41(27-31)53-47-44(36-12-8-10-14-40(36)52)46-38-26-20-32(30-17-23-34(24-18-30)50(4,5)6)28-42(38)54-48(46)43(45(37)47)35-11-7-9-13-39(35)51/h7-28,53-54H,1-6H3. The van der Waals surface area contributed by atoms with Crippen molar-refractivity contribution in [3.05, 3.63) is 155 Å². The van der Waals surface area contributed by atoms with Crippen LogP contribution in [0.3, 0.4) is 0 Å². The van der Waals surface area contributed by atoms with Gasteiger partial charge in [0.2, 0.25) is 0 Å². The fraction of sp³-hybridized carbons (Fsp3) is 0.160. The van der Waals surface area contributed by atoms with Crippen molar-refractivity contribution in [2.24, 2.45) is 0 Å². The van der Waals surface area contributed by atoms with E-state index in [4.69, 9.17) is 23.2 Å². The van der Waals surface area contributed by atoms with E-state index in [2.05, 4.69) is 161 Å². The van der Waals surface area contributed by atoms with Gasteiger partial charge in [-0.25, -0.2) is 0 Å². The van der Waals surface area contributed by atoms with Gasteiger partial charge in [-0.15, -0.1) is 0 Å². The molecule has 2 nitrogen and oxygen atoms in total. The van der Waals surface area contributed by atoms with Gasteiger partial charge in [-0.1, -0.05) is 174 Å². The maximum absolute atomic E-state index is 7.11. The van der Waals surface area contributed by atoms with Crippen LogP contribution in [0.4, 0.5) is 0 Å². The first-order valence-electron chi connectivity index (χ1n) is 18.7. The van der Waals surface area contributed by atoms with Gasteiger partial charge in [0.15, 0.2) is 0 Å². The molecule has 0 saturated heterocycles. The molecule has 0 unspecified atom stereocenters. The lowest BCUT2D eigenvalue weighted by molar-refractivity contribution is 0.590. The van der Waals surface area contributed by atoms with Gasteiger partial charge in [0.1, 0.15) is 0 Å². The number of hydrogen-bond donors (Lipinski definition) is 2. The predicted octanol–water partition coefficient (Wildman–Crippen LogP) is 15.5. The van der Waals surface area contributed by atoms with Crippen molar-refractivity contribution in [2.75, 3.05) is 0 Å². The highest BCUT2D eigenvalue weighted by molar-refractivity contribution is 6.39. The van der Waals surface area contributed by atoms with Gasteiger partial charge in [-0.05, 0) is 68.5 Å². The topological polar surface area (TPSA) is 31.6 Å². The van der Waals surface area contributed by atoms with Crippen LogP contribution in [0.2, 0.25) is 10.0 Å². The fourth-order valence-corrected chi connectivity index (χ4v) is 8.55. The predicted molar refractivity (Wildman–Crippen MR) is 234 cm³/mol. The highest BCUT2D eigenvalue weighted by Crippen LogP contribution is 2.51. The zero-order valence-electron chi connectivity index (χ0n) is 31.5. The molecule has 2 N–H and O–H groups in total. The quantitative estimate of drug-likeness (QED) is 0.180. The first kappa shape index (κ1) is 34.5. The van der Waals surface area contributed by atoms with Crippen LogP contribution in [0.1, 0.15) is 52.7 Å². The third-order valence-electron chi connectivity index (χ3n) is 11.1. The number of rotatable bonds is 4. The molecule has 0 amide bonds. The van der Waals surface area contributed by atoms with Gasteiger partial charge < -0.3 is 9.97 Å². The highest BCUT2D eigenvalue weighted by Gasteiger charge is 2.26. The number of benzene rings is 7. The molecule has 2 aromatic heterocycles. The van der Waals surface area contributed by atoms with Crippen molar-refractivity contribution in [1.29, 1.82) is 0 Å². The molecule has 0 aliphatic heterocycles. The molecule has 266 valence electrons. The van der Waals surface area contributed by atoms with Crippen LogP contribution in [0.25, 0.3) is 88.1 Å². The highest BCUT2D eigenvalue weighted by atomic mass is 35.5. The molecule has 0 aliphatic carbocycles. The van der Waals surface area contributed by atoms with Crippen LogP contribution in [-0.2, 0) is 10.8 Å². The van der Waals surface area contributed by atoms with E-state index in [0.29, 0.717) is 10.0 Å². The minimum Gasteiger partial charge on any atom is -0.354 e. The summed E-state index contributed by atoms with van der Waals surface area (Å²) in [5, 5.41) is 5.88. The van der Waals surface area contributed by atoms with Crippen molar-refractivity contribution >= 4 is 66.8 Å². The molecule has 0 radical (unpaired) electrons. The molecule has 0 saturated carbocycles. The van der Waals surface area contributed by atoms with Crippen LogP contribution in [0.15, 0.2) is 133 Å². The summed E-state index contributed by atoms with van der Waals surface area (Å²) in [4.78, 5) is 7.87. The summed E-state index contributed by atoms with van der Waals surface area (Å²) in [6, 6.07) is 47.8. The summed E-state index contributed by atoms with van der Waals surface area (Å²) >= 11 is 14.2. The Labute approximate surface area is 326 Å². The third-order valence-corrected chi connectivity index (χ3v) is 11.7. The Kier molecular flexibility index (Phi) is 8.08. The van der Waals surface area contributed by atoms with Crippen molar-refractivity contribution < 1.29 is 0 Å². The summed E-state index contributed by atoms with van der Waals surface area (Å²) in [5.74, 6) is 0. The van der Waals surface area contributed by atoms with E-state index < -0.39 is 0 Å². The van der Waals surface area contributed by atoms with Crippen molar-refractivity contribution in [3.8, 4) is 44.5 Å². The number of fused-ring (bicyclic) bond motifs is 6. The van der Waals surface area contributed by atoms with E-state index >= 15 is 0 Å². The summed E-state index contributed by atoms with van der Waals surface area (Å²) in [5.41, 5.74) is 15.8. The molecule has 4 heteroatoms. The van der Waals surface area contributed by atoms with Gasteiger partial charge in [-0.2, -0.15) is 0 Å². The van der Waals surface area contributed by atoms with Gasteiger partial charge in [0.05, 0.1) is 11.0 Å². The van der Waals surface area contributed by atoms with Crippen LogP contribution in [0, 0.1) is 0 Å². The first-order chi connectivity index (χ1) is 25.9. The summed E-state index contributed by atoms with van der Waals surface area (Å²) < 4.78 is 0. The van der Waals surface area contributed by atoms with E-state index in [9.17, 15) is 0 Å². The Morgan fingerprint density at radius 2 is 0.759 bits per heavy atom. The number of aromatic amines is 2. The summed E-state index contributed by atoms with van der Waals surface area (Å²) in [7, 11) is 0. The fourth-order valence-electron chi connectivity index (χ4n) is 8.09. The summed E-state index contributed by atoms with van der Waals surface area (Å²) in [6.45, 7) is 13.5. The zero-order valence-corrected chi connectivity index (χ0v) is 33.0. The zero-order chi connectivity index (χ0) is 37.5. The SMILES string of the molecule is CC(C)(C)c1ccc(-c2ccc3c(c2)[nH]c2c(-c4ccccc4Cl)c4c([nH]c5cc(-c6ccc(C(C)(C)C)cc6)ccc54)c(-c4ccccc4Cl)c23)cc1. The van der Waals surface area contributed by atoms with E-state index in [1.54, 1.807) is 0 Å². The second-order valence-electron chi connectivity index (χ2n) is 16.6. The lowest BCUT2D eigenvalue weighted by Gasteiger charge is -2.19. The molecule has 0 atom stereocenters. The Hall–Kier alpha value is -5.28. The molecular weight excluding hydrogens is 699 g/mol. The van der Waals surface area contributed by atoms with Gasteiger partial charge in [0, 0.05) is 64.9 Å². The molecule has 0 fully saturated rings. The van der Waals surface area contributed by atoms with E-state index in [1.807, 2.05) is 24.3 Å². The molecule has 9 rings (SSSR count). The second kappa shape index (κ2) is 12.7. The third kappa shape index (κ3) is 5.72. The van der Waals surface area contributed by atoms with E-state index in [-0.39, 0.29) is 10.8 Å². The van der Waals surface area contributed by atoms with E-state index in [1.165, 1.54) is 22.3 Å². The number of hydrogen-bond acceptors (Lipinski definition) is 0. The number of halogens is 2. The second-order valence-corrected chi connectivity index (χ2v) is 17.4. The normalized spacial score (nSPS) is 12.4. The Balaban J connectivity index is 1.36. The molecule has 9 aromatic rings. The molecule has 0 aliphatic rings. The Morgan fingerprint density at radius 1 is 0.407 bits per heavy atom. The Bertz CT molecular complexity index is 2690. The largest absolute Gasteiger partial charge is 0.354 e. The molecule has 2 heterocycles. The lowest BCUT2D eigenvalue weighted by Crippen LogP contribution is -2.10. The average molecular weight is 742 g/mol. The minimum absolute atomic E-state index is 0.0935. The van der Waals surface area contributed by atoms with Crippen molar-refractivity contribution in [1.82, 2.24) is 9.97 Å². The van der Waals surface area contributed by atoms with Crippen LogP contribution in [0.5, 0.6) is 0 Å². The summed E-state index contributed by atoms with van der Waals surface area (Å²) in [6.07, 6.45) is 0. The van der Waals surface area contributed by atoms with Crippen LogP contribution in [-0.4, -0.2) is 9.97 Å². The molecule has 0 spiro atoms. The van der Waals surface area contributed by atoms with Crippen molar-refractivity contribution in [3.63, 3.8) is 0 Å². The number of H-pyrrole nitrogens is 2. The molecular formula is C50H42Cl2N2. The van der Waals surface area contributed by atoms with Gasteiger partial charge in [0.25, 0.3) is 0 Å². The smallest absolute Gasteiger partial charge is 0.0559 e. The monoisotopic (exact) mass is 740 g/mol. The minimum atomic E-state index is 0.0935. The van der Waals surface area contributed by atoms with E-state index in [0.717, 1.165) is 77.0 Å². The van der Waals surface area contributed by atoms with Gasteiger partial charge >= 0.3 is 0 Å². The van der Waals surface area contributed by atoms with Gasteiger partial charge in [-0.3, -0.25) is 0 Å². The van der Waals surface area contributed by atoms with Crippen molar-refractivity contribution in [2.45, 2.75) is 52.4 Å². The van der Waals surface area contributed by atoms with Crippen LogP contribution >= 0.6 is 23.2 Å². The maximum Gasteiger partial charge on any atom is 0.0559 e. The Morgan fingerprint density at radius 3 is 1.11 bits per heavy atom. The first-order valence-corrected chi connectivity index (χ1v) is 19.4. The number of nitrogens with one attached hydrogen (secondary N) is 2.